The second-order valence-electron chi connectivity index (χ2n) is 4.91. The molecule has 0 radical (unpaired) electrons. The van der Waals surface area contributed by atoms with Crippen molar-refractivity contribution < 1.29 is 19.1 Å². The van der Waals surface area contributed by atoms with Crippen LogP contribution in [0.15, 0.2) is 0 Å². The molecular formula is C14H24O4. The number of esters is 2. The van der Waals surface area contributed by atoms with Gasteiger partial charge in [0, 0.05) is 12.8 Å². The average Bonchev–Trinajstić information content (AvgIpc) is 2.32. The Morgan fingerprint density at radius 2 is 1.50 bits per heavy atom. The van der Waals surface area contributed by atoms with Gasteiger partial charge in [0.25, 0.3) is 5.79 Å². The van der Waals surface area contributed by atoms with Crippen molar-refractivity contribution in [2.24, 2.45) is 0 Å². The van der Waals surface area contributed by atoms with Crippen molar-refractivity contribution in [2.75, 3.05) is 0 Å². The van der Waals surface area contributed by atoms with Crippen LogP contribution in [0.4, 0.5) is 0 Å². The quantitative estimate of drug-likeness (QED) is 0.380. The van der Waals surface area contributed by atoms with E-state index in [1.165, 1.54) is 25.7 Å². The molecule has 1 heterocycles. The number of hydrogen-bond donors (Lipinski definition) is 0. The van der Waals surface area contributed by atoms with E-state index in [9.17, 15) is 9.59 Å². The SMILES string of the molecule is CCCCCCCCC1(CC)OC(=O)CC(=O)O1. The molecule has 0 bridgehead atoms. The largest absolute Gasteiger partial charge is 0.422 e. The molecule has 4 nitrogen and oxygen atoms in total. The lowest BCUT2D eigenvalue weighted by Crippen LogP contribution is -2.44. The molecule has 0 N–H and O–H groups in total. The molecule has 0 atom stereocenters. The molecule has 0 aliphatic carbocycles. The fraction of sp³-hybridized carbons (Fsp3) is 0.857. The van der Waals surface area contributed by atoms with Crippen molar-refractivity contribution in [3.8, 4) is 0 Å². The summed E-state index contributed by atoms with van der Waals surface area (Å²) in [5.74, 6) is -1.91. The summed E-state index contributed by atoms with van der Waals surface area (Å²) in [6, 6.07) is 0. The minimum Gasteiger partial charge on any atom is -0.422 e. The zero-order valence-electron chi connectivity index (χ0n) is 11.5. The predicted octanol–water partition coefficient (Wildman–Crippen LogP) is 3.33. The van der Waals surface area contributed by atoms with Gasteiger partial charge >= 0.3 is 11.9 Å². The summed E-state index contributed by atoms with van der Waals surface area (Å²) in [6.07, 6.45) is 7.85. The van der Waals surface area contributed by atoms with Gasteiger partial charge in [-0.1, -0.05) is 46.0 Å². The Morgan fingerprint density at radius 1 is 0.944 bits per heavy atom. The summed E-state index contributed by atoms with van der Waals surface area (Å²) >= 11 is 0. The highest BCUT2D eigenvalue weighted by Gasteiger charge is 2.41. The predicted molar refractivity (Wildman–Crippen MR) is 67.8 cm³/mol. The maximum atomic E-state index is 11.3. The Bertz CT molecular complexity index is 270. The Morgan fingerprint density at radius 3 is 2.06 bits per heavy atom. The maximum absolute atomic E-state index is 11.3. The molecule has 0 aromatic carbocycles. The number of ether oxygens (including phenoxy) is 2. The van der Waals surface area contributed by atoms with E-state index in [0.29, 0.717) is 12.8 Å². The highest BCUT2D eigenvalue weighted by Crippen LogP contribution is 2.30. The molecule has 4 heteroatoms. The number of carbonyl (C=O) groups is 2. The summed E-state index contributed by atoms with van der Waals surface area (Å²) in [5, 5.41) is 0. The Hall–Kier alpha value is -1.06. The summed E-state index contributed by atoms with van der Waals surface area (Å²) < 4.78 is 10.5. The van der Waals surface area contributed by atoms with Crippen LogP contribution in [0, 0.1) is 0 Å². The lowest BCUT2D eigenvalue weighted by Gasteiger charge is -2.35. The summed E-state index contributed by atoms with van der Waals surface area (Å²) in [4.78, 5) is 22.6. The second-order valence-corrected chi connectivity index (χ2v) is 4.91. The van der Waals surface area contributed by atoms with Crippen LogP contribution in [-0.4, -0.2) is 17.7 Å². The molecule has 0 aromatic heterocycles. The van der Waals surface area contributed by atoms with Gasteiger partial charge in [-0.3, -0.25) is 9.59 Å². The second kappa shape index (κ2) is 7.39. The molecule has 1 aliphatic heterocycles. The third kappa shape index (κ3) is 4.67. The van der Waals surface area contributed by atoms with Gasteiger partial charge in [-0.05, 0) is 6.42 Å². The Kier molecular flexibility index (Phi) is 6.16. The van der Waals surface area contributed by atoms with E-state index in [-0.39, 0.29) is 6.42 Å². The van der Waals surface area contributed by atoms with Crippen LogP contribution < -0.4 is 0 Å². The first-order valence-corrected chi connectivity index (χ1v) is 7.05. The minimum absolute atomic E-state index is 0.252. The third-order valence-corrected chi connectivity index (χ3v) is 3.34. The lowest BCUT2D eigenvalue weighted by atomic mass is 10.0. The van der Waals surface area contributed by atoms with Crippen molar-refractivity contribution in [1.29, 1.82) is 0 Å². The van der Waals surface area contributed by atoms with Crippen molar-refractivity contribution in [1.82, 2.24) is 0 Å². The molecule has 1 saturated heterocycles. The summed E-state index contributed by atoms with van der Waals surface area (Å²) in [6.45, 7) is 4.07. The Balaban J connectivity index is 2.31. The zero-order valence-corrected chi connectivity index (χ0v) is 11.5. The molecule has 0 amide bonds. The van der Waals surface area contributed by atoms with E-state index in [0.717, 1.165) is 12.8 Å². The van der Waals surface area contributed by atoms with Gasteiger partial charge in [-0.25, -0.2) is 0 Å². The Labute approximate surface area is 109 Å². The van der Waals surface area contributed by atoms with Gasteiger partial charge < -0.3 is 9.47 Å². The van der Waals surface area contributed by atoms with Crippen LogP contribution >= 0.6 is 0 Å². The van der Waals surface area contributed by atoms with E-state index in [1.54, 1.807) is 0 Å². The highest BCUT2D eigenvalue weighted by molar-refractivity contribution is 5.93. The fourth-order valence-electron chi connectivity index (χ4n) is 2.22. The number of unbranched alkanes of at least 4 members (excludes halogenated alkanes) is 5. The highest BCUT2D eigenvalue weighted by atomic mass is 16.7. The molecule has 0 saturated carbocycles. The van der Waals surface area contributed by atoms with Gasteiger partial charge in [0.2, 0.25) is 0 Å². The number of carbonyl (C=O) groups excluding carboxylic acids is 2. The number of hydrogen-bond acceptors (Lipinski definition) is 4. The standard InChI is InChI=1S/C14H24O4/c1-3-5-6-7-8-9-10-14(4-2)17-12(15)11-13(16)18-14/h3-11H2,1-2H3. The van der Waals surface area contributed by atoms with E-state index >= 15 is 0 Å². The van der Waals surface area contributed by atoms with Crippen molar-refractivity contribution in [3.05, 3.63) is 0 Å². The van der Waals surface area contributed by atoms with Crippen LogP contribution in [0.25, 0.3) is 0 Å². The number of rotatable bonds is 8. The molecular weight excluding hydrogens is 232 g/mol. The van der Waals surface area contributed by atoms with Crippen LogP contribution in [-0.2, 0) is 19.1 Å². The van der Waals surface area contributed by atoms with Crippen LogP contribution in [0.3, 0.4) is 0 Å². The van der Waals surface area contributed by atoms with Gasteiger partial charge in [-0.2, -0.15) is 0 Å². The lowest BCUT2D eigenvalue weighted by molar-refractivity contribution is -0.247. The molecule has 1 rings (SSSR count). The van der Waals surface area contributed by atoms with Gasteiger partial charge in [0.05, 0.1) is 0 Å². The molecule has 0 aromatic rings. The maximum Gasteiger partial charge on any atom is 0.320 e. The van der Waals surface area contributed by atoms with Gasteiger partial charge in [0.15, 0.2) is 0 Å². The van der Waals surface area contributed by atoms with Crippen LogP contribution in [0.5, 0.6) is 0 Å². The average molecular weight is 256 g/mol. The van der Waals surface area contributed by atoms with E-state index in [2.05, 4.69) is 6.92 Å². The smallest absolute Gasteiger partial charge is 0.320 e. The molecule has 0 unspecified atom stereocenters. The topological polar surface area (TPSA) is 52.6 Å². The van der Waals surface area contributed by atoms with Gasteiger partial charge in [-0.15, -0.1) is 0 Å². The molecule has 0 spiro atoms. The monoisotopic (exact) mass is 256 g/mol. The third-order valence-electron chi connectivity index (χ3n) is 3.34. The summed E-state index contributed by atoms with van der Waals surface area (Å²) in [7, 11) is 0. The molecule has 104 valence electrons. The zero-order chi connectivity index (χ0) is 13.4. The van der Waals surface area contributed by atoms with Crippen molar-refractivity contribution >= 4 is 11.9 Å². The van der Waals surface area contributed by atoms with Gasteiger partial charge in [0.1, 0.15) is 6.42 Å². The molecule has 1 fully saturated rings. The normalized spacial score (nSPS) is 18.3. The number of cyclic esters (lactones) is 2. The minimum atomic E-state index is -0.989. The first kappa shape index (κ1) is 15.0. The van der Waals surface area contributed by atoms with Crippen LogP contribution in [0.2, 0.25) is 0 Å². The first-order valence-electron chi connectivity index (χ1n) is 7.05. The van der Waals surface area contributed by atoms with Crippen molar-refractivity contribution in [2.45, 2.75) is 77.4 Å². The van der Waals surface area contributed by atoms with E-state index in [1.807, 2.05) is 6.92 Å². The first-order chi connectivity index (χ1) is 8.62. The van der Waals surface area contributed by atoms with E-state index < -0.39 is 17.7 Å². The van der Waals surface area contributed by atoms with Crippen LogP contribution in [0.1, 0.15) is 71.6 Å². The molecule has 18 heavy (non-hydrogen) atoms. The summed E-state index contributed by atoms with van der Waals surface area (Å²) in [5.41, 5.74) is 0. The molecule has 1 aliphatic rings. The van der Waals surface area contributed by atoms with E-state index in [4.69, 9.17) is 9.47 Å². The van der Waals surface area contributed by atoms with Crippen molar-refractivity contribution in [3.63, 3.8) is 0 Å². The fourth-order valence-corrected chi connectivity index (χ4v) is 2.22.